The molecule has 1 atom stereocenters. The summed E-state index contributed by atoms with van der Waals surface area (Å²) in [5, 5.41) is 3.19. The van der Waals surface area contributed by atoms with Crippen molar-refractivity contribution in [3.8, 4) is 0 Å². The summed E-state index contributed by atoms with van der Waals surface area (Å²) < 4.78 is 29.3. The van der Waals surface area contributed by atoms with Gasteiger partial charge in [0.25, 0.3) is 10.0 Å². The average Bonchev–Trinajstić information content (AvgIpc) is 3.03. The van der Waals surface area contributed by atoms with Crippen LogP contribution >= 0.6 is 11.6 Å². The van der Waals surface area contributed by atoms with Gasteiger partial charge in [0.1, 0.15) is 12.6 Å². The molecule has 1 N–H and O–H groups in total. The minimum Gasteiger partial charge on any atom is -0.354 e. The number of sulfonamides is 1. The summed E-state index contributed by atoms with van der Waals surface area (Å²) in [4.78, 5) is 29.9. The van der Waals surface area contributed by atoms with E-state index in [-0.39, 0.29) is 34.5 Å². The summed E-state index contributed by atoms with van der Waals surface area (Å²) in [5.41, 5.74) is 3.77. The molecule has 2 amide bonds. The van der Waals surface area contributed by atoms with E-state index in [4.69, 9.17) is 11.6 Å². The number of anilines is 1. The number of rotatable bonds is 14. The maximum absolute atomic E-state index is 14.5. The van der Waals surface area contributed by atoms with Crippen LogP contribution in [0.4, 0.5) is 5.69 Å². The number of nitrogens with one attached hydrogen (secondary N) is 1. The number of benzene rings is 4. The molecule has 4 rings (SSSR count). The van der Waals surface area contributed by atoms with Gasteiger partial charge in [-0.2, -0.15) is 0 Å². The predicted octanol–water partition coefficient (Wildman–Crippen LogP) is 6.71. The number of hydrogen-bond donors (Lipinski definition) is 1. The van der Waals surface area contributed by atoms with E-state index in [1.165, 1.54) is 17.0 Å². The summed E-state index contributed by atoms with van der Waals surface area (Å²) in [7, 11) is -4.22. The van der Waals surface area contributed by atoms with Crippen LogP contribution in [0.3, 0.4) is 0 Å². The first-order chi connectivity index (χ1) is 21.6. The Morgan fingerprint density at radius 3 is 2.16 bits per heavy atom. The Kier molecular flexibility index (Phi) is 11.8. The van der Waals surface area contributed by atoms with Crippen LogP contribution in [0.1, 0.15) is 42.0 Å². The largest absolute Gasteiger partial charge is 0.354 e. The van der Waals surface area contributed by atoms with E-state index < -0.39 is 28.5 Å². The Balaban J connectivity index is 1.80. The van der Waals surface area contributed by atoms with Crippen LogP contribution in [0.25, 0.3) is 0 Å². The van der Waals surface area contributed by atoms with E-state index in [2.05, 4.69) is 5.32 Å². The van der Waals surface area contributed by atoms with Crippen LogP contribution in [-0.2, 0) is 32.6 Å². The van der Waals surface area contributed by atoms with Gasteiger partial charge in [-0.15, -0.1) is 0 Å². The van der Waals surface area contributed by atoms with Crippen molar-refractivity contribution < 1.29 is 18.0 Å². The zero-order valence-electron chi connectivity index (χ0n) is 25.9. The fourth-order valence-electron chi connectivity index (χ4n) is 5.04. The van der Waals surface area contributed by atoms with Crippen molar-refractivity contribution in [2.24, 2.45) is 0 Å². The van der Waals surface area contributed by atoms with Crippen LogP contribution in [-0.4, -0.2) is 44.3 Å². The highest BCUT2D eigenvalue weighted by atomic mass is 35.5. The molecule has 4 aromatic carbocycles. The summed E-state index contributed by atoms with van der Waals surface area (Å²) in [6.45, 7) is 5.89. The Hall–Kier alpha value is -4.14. The second-order valence-electron chi connectivity index (χ2n) is 11.1. The molecular formula is C36H40ClN3O4S. The number of hydrogen-bond acceptors (Lipinski definition) is 4. The van der Waals surface area contributed by atoms with Crippen molar-refractivity contribution in [1.29, 1.82) is 0 Å². The first-order valence-electron chi connectivity index (χ1n) is 15.1. The van der Waals surface area contributed by atoms with Crippen molar-refractivity contribution in [1.82, 2.24) is 10.2 Å². The molecule has 0 aliphatic carbocycles. The summed E-state index contributed by atoms with van der Waals surface area (Å²) in [5.74, 6) is -0.819. The van der Waals surface area contributed by atoms with E-state index in [9.17, 15) is 18.0 Å². The molecule has 0 aliphatic rings. The Morgan fingerprint density at radius 2 is 1.49 bits per heavy atom. The molecule has 236 valence electrons. The molecule has 0 saturated heterocycles. The molecule has 0 radical (unpaired) electrons. The molecular weight excluding hydrogens is 606 g/mol. The smallest absolute Gasteiger partial charge is 0.264 e. The first kappa shape index (κ1) is 33.7. The maximum Gasteiger partial charge on any atom is 0.264 e. The third-order valence-electron chi connectivity index (χ3n) is 7.71. The minimum absolute atomic E-state index is 0.0319. The summed E-state index contributed by atoms with van der Waals surface area (Å²) in [6, 6.07) is 29.3. The van der Waals surface area contributed by atoms with E-state index in [0.29, 0.717) is 6.54 Å². The third-order valence-corrected chi connectivity index (χ3v) is 9.81. The fourth-order valence-corrected chi connectivity index (χ4v) is 6.76. The molecule has 45 heavy (non-hydrogen) atoms. The fraction of sp³-hybridized carbons (Fsp3) is 0.278. The number of para-hydroxylation sites is 1. The van der Waals surface area contributed by atoms with Gasteiger partial charge in [0.05, 0.1) is 15.6 Å². The SMILES string of the molecule is CCCCNC(=O)C(Cc1ccccc1)N(Cc1ccccc1C)C(=O)CN(c1ccccc1Cl)S(=O)(=O)c1ccc(C)cc1. The van der Waals surface area contributed by atoms with Crippen LogP contribution in [0, 0.1) is 13.8 Å². The van der Waals surface area contributed by atoms with Crippen LogP contribution in [0.15, 0.2) is 108 Å². The topological polar surface area (TPSA) is 86.8 Å². The number of halogens is 1. The van der Waals surface area contributed by atoms with E-state index >= 15 is 0 Å². The third kappa shape index (κ3) is 8.74. The second kappa shape index (κ2) is 15.7. The number of carbonyl (C=O) groups is 2. The zero-order chi connectivity index (χ0) is 32.4. The molecule has 7 nitrogen and oxygen atoms in total. The monoisotopic (exact) mass is 645 g/mol. The summed E-state index contributed by atoms with van der Waals surface area (Å²) in [6.07, 6.45) is 1.96. The van der Waals surface area contributed by atoms with E-state index in [1.54, 1.807) is 36.4 Å². The Bertz CT molecular complexity index is 1700. The van der Waals surface area contributed by atoms with Gasteiger partial charge in [-0.1, -0.05) is 109 Å². The highest BCUT2D eigenvalue weighted by Crippen LogP contribution is 2.31. The van der Waals surface area contributed by atoms with Crippen molar-refractivity contribution in [3.63, 3.8) is 0 Å². The molecule has 9 heteroatoms. The zero-order valence-corrected chi connectivity index (χ0v) is 27.5. The quantitative estimate of drug-likeness (QED) is 0.155. The molecule has 4 aromatic rings. The first-order valence-corrected chi connectivity index (χ1v) is 16.9. The maximum atomic E-state index is 14.5. The normalized spacial score (nSPS) is 11.9. The van der Waals surface area contributed by atoms with Crippen molar-refractivity contribution in [3.05, 3.63) is 130 Å². The van der Waals surface area contributed by atoms with Crippen molar-refractivity contribution in [2.45, 2.75) is 57.5 Å². The lowest BCUT2D eigenvalue weighted by atomic mass is 10.0. The van der Waals surface area contributed by atoms with Crippen LogP contribution in [0.2, 0.25) is 5.02 Å². The standard InChI is InChI=1S/C36H40ClN3O4S/c1-4-5-23-38-36(42)34(24-29-14-7-6-8-15-29)39(25-30-16-10-9-13-28(30)3)35(41)26-40(33-18-12-11-17-32(33)37)45(43,44)31-21-19-27(2)20-22-31/h6-22,34H,4-5,23-26H2,1-3H3,(H,38,42). The van der Waals surface area contributed by atoms with Gasteiger partial charge >= 0.3 is 0 Å². The molecule has 0 bridgehead atoms. The van der Waals surface area contributed by atoms with E-state index in [0.717, 1.165) is 39.4 Å². The predicted molar refractivity (Wildman–Crippen MR) is 181 cm³/mol. The van der Waals surface area contributed by atoms with Gasteiger partial charge < -0.3 is 10.2 Å². The lowest BCUT2D eigenvalue weighted by Gasteiger charge is -2.34. The molecule has 0 heterocycles. The molecule has 0 saturated carbocycles. The number of nitrogens with zero attached hydrogens (tertiary/aromatic N) is 2. The van der Waals surface area contributed by atoms with Crippen LogP contribution in [0.5, 0.6) is 0 Å². The Morgan fingerprint density at radius 1 is 0.844 bits per heavy atom. The van der Waals surface area contributed by atoms with Crippen molar-refractivity contribution in [2.75, 3.05) is 17.4 Å². The number of unbranched alkanes of at least 4 members (excludes halogenated alkanes) is 1. The molecule has 0 aromatic heterocycles. The number of amides is 2. The lowest BCUT2D eigenvalue weighted by Crippen LogP contribution is -2.53. The van der Waals surface area contributed by atoms with E-state index in [1.807, 2.05) is 75.4 Å². The number of aryl methyl sites for hydroxylation is 2. The molecule has 0 spiro atoms. The van der Waals surface area contributed by atoms with Gasteiger partial charge in [0.2, 0.25) is 11.8 Å². The van der Waals surface area contributed by atoms with Gasteiger partial charge in [-0.3, -0.25) is 13.9 Å². The second-order valence-corrected chi connectivity index (χ2v) is 13.3. The van der Waals surface area contributed by atoms with Gasteiger partial charge in [-0.05, 0) is 61.2 Å². The summed E-state index contributed by atoms with van der Waals surface area (Å²) >= 11 is 6.55. The van der Waals surface area contributed by atoms with Crippen LogP contribution < -0.4 is 9.62 Å². The molecule has 1 unspecified atom stereocenters. The van der Waals surface area contributed by atoms with Gasteiger partial charge in [0.15, 0.2) is 0 Å². The number of carbonyl (C=O) groups excluding carboxylic acids is 2. The van der Waals surface area contributed by atoms with Crippen molar-refractivity contribution >= 4 is 39.1 Å². The molecule has 0 fully saturated rings. The highest BCUT2D eigenvalue weighted by Gasteiger charge is 2.35. The highest BCUT2D eigenvalue weighted by molar-refractivity contribution is 7.92. The lowest BCUT2D eigenvalue weighted by molar-refractivity contribution is -0.140. The molecule has 0 aliphatic heterocycles. The Labute approximate surface area is 271 Å². The minimum atomic E-state index is -4.22. The average molecular weight is 646 g/mol. The van der Waals surface area contributed by atoms with Gasteiger partial charge in [0, 0.05) is 19.5 Å². The van der Waals surface area contributed by atoms with Gasteiger partial charge in [-0.25, -0.2) is 8.42 Å².